The van der Waals surface area contributed by atoms with Crippen molar-refractivity contribution >= 4 is 35.0 Å². The van der Waals surface area contributed by atoms with E-state index in [1.807, 2.05) is 0 Å². The summed E-state index contributed by atoms with van der Waals surface area (Å²) in [6.07, 6.45) is 0. The van der Waals surface area contributed by atoms with Crippen molar-refractivity contribution in [1.82, 2.24) is 5.32 Å². The highest BCUT2D eigenvalue weighted by Gasteiger charge is 2.22. The van der Waals surface area contributed by atoms with Crippen molar-refractivity contribution in [1.29, 1.82) is 0 Å². The van der Waals surface area contributed by atoms with Gasteiger partial charge in [0.15, 0.2) is 0 Å². The van der Waals surface area contributed by atoms with E-state index in [0.29, 0.717) is 17.1 Å². The first-order valence-electron chi connectivity index (χ1n) is 6.18. The van der Waals surface area contributed by atoms with Crippen LogP contribution in [0.25, 0.3) is 0 Å². The largest absolute Gasteiger partial charge is 0.495 e. The topological polar surface area (TPSA) is 79.5 Å². The van der Waals surface area contributed by atoms with Crippen LogP contribution in [0.5, 0.6) is 5.75 Å². The summed E-state index contributed by atoms with van der Waals surface area (Å²) in [4.78, 5) is 23.2. The van der Waals surface area contributed by atoms with Crippen molar-refractivity contribution in [2.45, 2.75) is 13.0 Å². The quantitative estimate of drug-likeness (QED) is 0.779. The lowest BCUT2D eigenvalue weighted by Crippen LogP contribution is -2.37. The van der Waals surface area contributed by atoms with Crippen LogP contribution in [0.4, 0.5) is 11.4 Å². The monoisotopic (exact) mass is 295 g/mol. The molecule has 20 heavy (non-hydrogen) atoms. The molecule has 1 aromatic rings. The van der Waals surface area contributed by atoms with Gasteiger partial charge in [-0.3, -0.25) is 14.9 Å². The van der Waals surface area contributed by atoms with Gasteiger partial charge in [-0.1, -0.05) is 0 Å². The predicted molar refractivity (Wildman–Crippen MR) is 80.2 cm³/mol. The summed E-state index contributed by atoms with van der Waals surface area (Å²) in [7, 11) is 1.53. The molecule has 1 saturated heterocycles. The van der Waals surface area contributed by atoms with Crippen LogP contribution in [0.1, 0.15) is 6.92 Å². The Kier molecular flexibility index (Phi) is 4.86. The minimum absolute atomic E-state index is 0.0751. The Balaban J connectivity index is 2.11. The Morgan fingerprint density at radius 1 is 1.40 bits per heavy atom. The van der Waals surface area contributed by atoms with E-state index < -0.39 is 0 Å². The van der Waals surface area contributed by atoms with Gasteiger partial charge < -0.3 is 15.4 Å². The molecule has 1 atom stereocenters. The summed E-state index contributed by atoms with van der Waals surface area (Å²) in [6.45, 7) is 1.42. The zero-order chi connectivity index (χ0) is 14.5. The molecule has 1 unspecified atom stereocenters. The standard InChI is InChI=1S/C13H17N3O3S/c1-8(17)15-10-5-9(3-4-12(10)19-2)16-13(18)11-6-20-7-14-11/h3-5,11,14H,6-7H2,1-2H3,(H,15,17)(H,16,18). The molecule has 3 N–H and O–H groups in total. The number of rotatable bonds is 4. The molecular weight excluding hydrogens is 278 g/mol. The fourth-order valence-corrected chi connectivity index (χ4v) is 2.81. The molecule has 1 aliphatic heterocycles. The highest BCUT2D eigenvalue weighted by Crippen LogP contribution is 2.28. The van der Waals surface area contributed by atoms with Gasteiger partial charge in [-0.15, -0.1) is 11.8 Å². The fraction of sp³-hybridized carbons (Fsp3) is 0.385. The van der Waals surface area contributed by atoms with Gasteiger partial charge in [-0.05, 0) is 18.2 Å². The van der Waals surface area contributed by atoms with Gasteiger partial charge in [0.05, 0.1) is 18.8 Å². The third-order valence-corrected chi connectivity index (χ3v) is 3.75. The number of carbonyl (C=O) groups is 2. The van der Waals surface area contributed by atoms with Crippen LogP contribution in [-0.4, -0.2) is 36.6 Å². The number of benzene rings is 1. The highest BCUT2D eigenvalue weighted by molar-refractivity contribution is 7.99. The molecule has 2 amide bonds. The second-order valence-electron chi connectivity index (χ2n) is 4.36. The molecular formula is C13H17N3O3S. The first kappa shape index (κ1) is 14.7. The number of thioether (sulfide) groups is 1. The smallest absolute Gasteiger partial charge is 0.242 e. The number of anilines is 2. The van der Waals surface area contributed by atoms with Crippen LogP contribution in [-0.2, 0) is 9.59 Å². The third-order valence-electron chi connectivity index (χ3n) is 2.81. The molecule has 6 nitrogen and oxygen atoms in total. The van der Waals surface area contributed by atoms with E-state index in [2.05, 4.69) is 16.0 Å². The molecule has 0 spiro atoms. The Hall–Kier alpha value is -1.73. The number of ether oxygens (including phenoxy) is 1. The summed E-state index contributed by atoms with van der Waals surface area (Å²) in [6, 6.07) is 4.95. The molecule has 1 aliphatic rings. The summed E-state index contributed by atoms with van der Waals surface area (Å²) in [5.74, 6) is 1.83. The van der Waals surface area contributed by atoms with Crippen molar-refractivity contribution in [3.05, 3.63) is 18.2 Å². The molecule has 0 aromatic heterocycles. The van der Waals surface area contributed by atoms with E-state index >= 15 is 0 Å². The molecule has 2 rings (SSSR count). The fourth-order valence-electron chi connectivity index (χ4n) is 1.87. The van der Waals surface area contributed by atoms with Crippen LogP contribution in [0.2, 0.25) is 0 Å². The summed E-state index contributed by atoms with van der Waals surface area (Å²) < 4.78 is 5.16. The van der Waals surface area contributed by atoms with Crippen LogP contribution in [0.15, 0.2) is 18.2 Å². The second-order valence-corrected chi connectivity index (χ2v) is 5.39. The van der Waals surface area contributed by atoms with Crippen molar-refractivity contribution in [2.24, 2.45) is 0 Å². The van der Waals surface area contributed by atoms with Crippen LogP contribution in [0.3, 0.4) is 0 Å². The number of amides is 2. The molecule has 0 aliphatic carbocycles. The minimum atomic E-state index is -0.194. The van der Waals surface area contributed by atoms with Gasteiger partial charge in [0.2, 0.25) is 11.8 Å². The Labute approximate surface area is 121 Å². The maximum absolute atomic E-state index is 12.0. The van der Waals surface area contributed by atoms with Gasteiger partial charge in [-0.25, -0.2) is 0 Å². The molecule has 7 heteroatoms. The number of hydrogen-bond acceptors (Lipinski definition) is 5. The van der Waals surface area contributed by atoms with E-state index in [1.54, 1.807) is 30.0 Å². The van der Waals surface area contributed by atoms with E-state index in [4.69, 9.17) is 4.74 Å². The Morgan fingerprint density at radius 3 is 2.80 bits per heavy atom. The molecule has 0 radical (unpaired) electrons. The maximum atomic E-state index is 12.0. The zero-order valence-electron chi connectivity index (χ0n) is 11.4. The maximum Gasteiger partial charge on any atom is 0.242 e. The number of carbonyl (C=O) groups excluding carboxylic acids is 2. The van der Waals surface area contributed by atoms with Gasteiger partial charge in [0.25, 0.3) is 0 Å². The van der Waals surface area contributed by atoms with Gasteiger partial charge >= 0.3 is 0 Å². The van der Waals surface area contributed by atoms with Crippen molar-refractivity contribution < 1.29 is 14.3 Å². The average Bonchev–Trinajstić information content (AvgIpc) is 2.92. The number of nitrogens with one attached hydrogen (secondary N) is 3. The summed E-state index contributed by atoms with van der Waals surface area (Å²) in [5, 5.41) is 8.60. The van der Waals surface area contributed by atoms with Crippen molar-refractivity contribution in [3.8, 4) is 5.75 Å². The van der Waals surface area contributed by atoms with Crippen LogP contribution < -0.4 is 20.7 Å². The lowest BCUT2D eigenvalue weighted by atomic mass is 10.2. The van der Waals surface area contributed by atoms with Gasteiger partial charge in [0, 0.05) is 24.2 Å². The molecule has 1 fully saturated rings. The first-order valence-corrected chi connectivity index (χ1v) is 7.33. The lowest BCUT2D eigenvalue weighted by Gasteiger charge is -2.14. The lowest BCUT2D eigenvalue weighted by molar-refractivity contribution is -0.117. The highest BCUT2D eigenvalue weighted by atomic mass is 32.2. The molecule has 108 valence electrons. The van der Waals surface area contributed by atoms with Crippen molar-refractivity contribution in [3.63, 3.8) is 0 Å². The Bertz CT molecular complexity index is 516. The van der Waals surface area contributed by atoms with Crippen LogP contribution >= 0.6 is 11.8 Å². The molecule has 0 bridgehead atoms. The number of methoxy groups -OCH3 is 1. The van der Waals surface area contributed by atoms with Gasteiger partial charge in [0.1, 0.15) is 5.75 Å². The van der Waals surface area contributed by atoms with Gasteiger partial charge in [-0.2, -0.15) is 0 Å². The average molecular weight is 295 g/mol. The summed E-state index contributed by atoms with van der Waals surface area (Å²) in [5.41, 5.74) is 1.16. The van der Waals surface area contributed by atoms with E-state index in [-0.39, 0.29) is 17.9 Å². The number of hydrogen-bond donors (Lipinski definition) is 3. The normalized spacial score (nSPS) is 17.6. The van der Waals surface area contributed by atoms with E-state index in [9.17, 15) is 9.59 Å². The third kappa shape index (κ3) is 3.64. The van der Waals surface area contributed by atoms with Crippen LogP contribution in [0, 0.1) is 0 Å². The minimum Gasteiger partial charge on any atom is -0.495 e. The molecule has 1 aromatic carbocycles. The zero-order valence-corrected chi connectivity index (χ0v) is 12.2. The van der Waals surface area contributed by atoms with E-state index in [1.165, 1.54) is 14.0 Å². The summed E-state index contributed by atoms with van der Waals surface area (Å²) >= 11 is 1.69. The van der Waals surface area contributed by atoms with E-state index in [0.717, 1.165) is 11.6 Å². The Morgan fingerprint density at radius 2 is 2.20 bits per heavy atom. The van der Waals surface area contributed by atoms with Crippen molar-refractivity contribution in [2.75, 3.05) is 29.4 Å². The first-order chi connectivity index (χ1) is 9.60. The molecule has 1 heterocycles. The second kappa shape index (κ2) is 6.62. The molecule has 0 saturated carbocycles. The SMILES string of the molecule is COc1ccc(NC(=O)C2CSCN2)cc1NC(C)=O. The predicted octanol–water partition coefficient (Wildman–Crippen LogP) is 1.25.